The van der Waals surface area contributed by atoms with Gasteiger partial charge in [-0.3, -0.25) is 4.79 Å². The lowest BCUT2D eigenvalue weighted by Gasteiger charge is -2.18. The third-order valence-corrected chi connectivity index (χ3v) is 7.01. The average Bonchev–Trinajstić information content (AvgIpc) is 3.06. The first kappa shape index (κ1) is 19.2. The van der Waals surface area contributed by atoms with Crippen molar-refractivity contribution >= 4 is 44.9 Å². The van der Waals surface area contributed by atoms with Gasteiger partial charge in [0.2, 0.25) is 5.91 Å². The van der Waals surface area contributed by atoms with Crippen molar-refractivity contribution in [2.75, 3.05) is 17.7 Å². The van der Waals surface area contributed by atoms with Crippen LogP contribution in [0.4, 0.5) is 5.69 Å². The molecule has 7 heteroatoms. The normalized spacial score (nSPS) is 16.0. The third kappa shape index (κ3) is 4.00. The van der Waals surface area contributed by atoms with E-state index < -0.39 is 0 Å². The van der Waals surface area contributed by atoms with Crippen LogP contribution in [-0.2, 0) is 17.6 Å². The van der Waals surface area contributed by atoms with Crippen molar-refractivity contribution in [1.29, 1.82) is 0 Å². The summed E-state index contributed by atoms with van der Waals surface area (Å²) in [6.07, 6.45) is 5.01. The monoisotopic (exact) mass is 413 g/mol. The van der Waals surface area contributed by atoms with Crippen molar-refractivity contribution in [2.24, 2.45) is 5.92 Å². The second-order valence-electron chi connectivity index (χ2n) is 6.98. The van der Waals surface area contributed by atoms with Gasteiger partial charge in [0.25, 0.3) is 0 Å². The van der Waals surface area contributed by atoms with Gasteiger partial charge in [0.1, 0.15) is 21.9 Å². The lowest BCUT2D eigenvalue weighted by Crippen LogP contribution is -2.15. The number of hydrogen-bond acceptors (Lipinski definition) is 6. The maximum atomic E-state index is 12.5. The minimum atomic E-state index is -0.0679. The Morgan fingerprint density at radius 2 is 2.21 bits per heavy atom. The molecule has 1 aliphatic carbocycles. The highest BCUT2D eigenvalue weighted by atomic mass is 32.2. The Bertz CT molecular complexity index is 1000. The molecule has 0 fully saturated rings. The summed E-state index contributed by atoms with van der Waals surface area (Å²) in [6.45, 7) is 4.79. The highest BCUT2D eigenvalue weighted by Gasteiger charge is 2.23. The number of carbonyl (C=O) groups is 1. The van der Waals surface area contributed by atoms with Crippen LogP contribution in [-0.4, -0.2) is 28.2 Å². The number of ether oxygens (including phenoxy) is 1. The average molecular weight is 414 g/mol. The number of anilines is 1. The number of para-hydroxylation sites is 2. The standard InChI is InChI=1S/C21H23N3O2S2/c1-3-26-16-7-5-4-6-15(16)24-18(25)11-27-20-19-14-9-8-13(2)10-17(14)28-21(19)23-12-22-20/h4-7,12-13H,3,8-11H2,1-2H3,(H,24,25). The number of nitrogens with zero attached hydrogens (tertiary/aromatic N) is 2. The minimum Gasteiger partial charge on any atom is -0.492 e. The van der Waals surface area contributed by atoms with Gasteiger partial charge in [-0.15, -0.1) is 11.3 Å². The molecule has 4 rings (SSSR count). The molecule has 1 aliphatic rings. The van der Waals surface area contributed by atoms with Crippen LogP contribution in [0.3, 0.4) is 0 Å². The molecule has 0 spiro atoms. The van der Waals surface area contributed by atoms with E-state index in [0.29, 0.717) is 23.8 Å². The van der Waals surface area contributed by atoms with Crippen molar-refractivity contribution in [1.82, 2.24) is 9.97 Å². The summed E-state index contributed by atoms with van der Waals surface area (Å²) in [5.41, 5.74) is 2.09. The maximum Gasteiger partial charge on any atom is 0.234 e. The second-order valence-corrected chi connectivity index (χ2v) is 9.02. The van der Waals surface area contributed by atoms with Crippen molar-refractivity contribution in [3.8, 4) is 5.75 Å². The number of nitrogens with one attached hydrogen (secondary N) is 1. The molecular weight excluding hydrogens is 390 g/mol. The molecular formula is C21H23N3O2S2. The minimum absolute atomic E-state index is 0.0679. The lowest BCUT2D eigenvalue weighted by atomic mass is 9.89. The van der Waals surface area contributed by atoms with Gasteiger partial charge in [0.05, 0.1) is 18.0 Å². The van der Waals surface area contributed by atoms with Crippen LogP contribution < -0.4 is 10.1 Å². The molecule has 5 nitrogen and oxygen atoms in total. The molecule has 0 bridgehead atoms. The van der Waals surface area contributed by atoms with Crippen molar-refractivity contribution in [3.05, 3.63) is 41.0 Å². The van der Waals surface area contributed by atoms with Crippen molar-refractivity contribution in [3.63, 3.8) is 0 Å². The fraction of sp³-hybridized carbons (Fsp3) is 0.381. The molecule has 1 N–H and O–H groups in total. The number of fused-ring (bicyclic) bond motifs is 3. The predicted molar refractivity (Wildman–Crippen MR) is 116 cm³/mol. The van der Waals surface area contributed by atoms with Crippen LogP contribution in [0, 0.1) is 5.92 Å². The lowest BCUT2D eigenvalue weighted by molar-refractivity contribution is -0.113. The van der Waals surface area contributed by atoms with E-state index in [4.69, 9.17) is 4.74 Å². The Morgan fingerprint density at radius 1 is 1.36 bits per heavy atom. The van der Waals surface area contributed by atoms with E-state index in [2.05, 4.69) is 22.2 Å². The van der Waals surface area contributed by atoms with E-state index in [1.54, 1.807) is 17.7 Å². The quantitative estimate of drug-likeness (QED) is 0.458. The molecule has 0 aliphatic heterocycles. The van der Waals surface area contributed by atoms with Gasteiger partial charge < -0.3 is 10.1 Å². The zero-order valence-electron chi connectivity index (χ0n) is 16.0. The molecule has 0 saturated heterocycles. The van der Waals surface area contributed by atoms with E-state index >= 15 is 0 Å². The zero-order valence-corrected chi connectivity index (χ0v) is 17.7. The number of amides is 1. The van der Waals surface area contributed by atoms with Gasteiger partial charge in [0, 0.05) is 10.3 Å². The number of carbonyl (C=O) groups excluding carboxylic acids is 1. The molecule has 1 amide bonds. The second kappa shape index (κ2) is 8.49. The van der Waals surface area contributed by atoms with Gasteiger partial charge in [-0.1, -0.05) is 30.8 Å². The molecule has 146 valence electrons. The van der Waals surface area contributed by atoms with E-state index in [9.17, 15) is 4.79 Å². The fourth-order valence-electron chi connectivity index (χ4n) is 3.53. The highest BCUT2D eigenvalue weighted by molar-refractivity contribution is 8.00. The van der Waals surface area contributed by atoms with Crippen LogP contribution in [0.25, 0.3) is 10.2 Å². The van der Waals surface area contributed by atoms with E-state index in [0.717, 1.165) is 34.0 Å². The molecule has 2 aromatic heterocycles. The summed E-state index contributed by atoms with van der Waals surface area (Å²) in [5, 5.41) is 5.01. The van der Waals surface area contributed by atoms with Crippen LogP contribution in [0.5, 0.6) is 5.75 Å². The zero-order chi connectivity index (χ0) is 19.5. The molecule has 28 heavy (non-hydrogen) atoms. The van der Waals surface area contributed by atoms with E-state index in [1.165, 1.54) is 28.6 Å². The number of rotatable bonds is 6. The topological polar surface area (TPSA) is 64.1 Å². The smallest absolute Gasteiger partial charge is 0.234 e. The predicted octanol–water partition coefficient (Wildman–Crippen LogP) is 4.95. The van der Waals surface area contributed by atoms with Crippen molar-refractivity contribution < 1.29 is 9.53 Å². The van der Waals surface area contributed by atoms with Gasteiger partial charge >= 0.3 is 0 Å². The van der Waals surface area contributed by atoms with E-state index in [1.807, 2.05) is 31.2 Å². The first-order chi connectivity index (χ1) is 13.7. The first-order valence-electron chi connectivity index (χ1n) is 9.55. The Hall–Kier alpha value is -2.12. The Balaban J connectivity index is 1.49. The summed E-state index contributed by atoms with van der Waals surface area (Å²) in [5.74, 6) is 1.64. The summed E-state index contributed by atoms with van der Waals surface area (Å²) in [7, 11) is 0. The molecule has 1 aromatic carbocycles. The van der Waals surface area contributed by atoms with E-state index in [-0.39, 0.29) is 5.91 Å². The largest absolute Gasteiger partial charge is 0.492 e. The Morgan fingerprint density at radius 3 is 3.07 bits per heavy atom. The van der Waals surface area contributed by atoms with Crippen LogP contribution in [0.2, 0.25) is 0 Å². The van der Waals surface area contributed by atoms with Gasteiger partial charge in [-0.25, -0.2) is 9.97 Å². The van der Waals surface area contributed by atoms with Gasteiger partial charge in [0.15, 0.2) is 0 Å². The number of benzene rings is 1. The molecule has 0 saturated carbocycles. The summed E-state index contributed by atoms with van der Waals surface area (Å²) < 4.78 is 5.58. The first-order valence-corrected chi connectivity index (χ1v) is 11.4. The van der Waals surface area contributed by atoms with Crippen molar-refractivity contribution in [2.45, 2.75) is 38.1 Å². The molecule has 1 unspecified atom stereocenters. The number of hydrogen-bond donors (Lipinski definition) is 1. The van der Waals surface area contributed by atoms with Crippen LogP contribution >= 0.6 is 23.1 Å². The third-order valence-electron chi connectivity index (χ3n) is 4.86. The number of aromatic nitrogens is 2. The molecule has 2 heterocycles. The summed E-state index contributed by atoms with van der Waals surface area (Å²) >= 11 is 3.26. The number of thioether (sulfide) groups is 1. The van der Waals surface area contributed by atoms with Crippen LogP contribution in [0.1, 0.15) is 30.7 Å². The van der Waals surface area contributed by atoms with Gasteiger partial charge in [-0.2, -0.15) is 0 Å². The number of thiophene rings is 1. The number of aryl methyl sites for hydroxylation is 1. The van der Waals surface area contributed by atoms with Gasteiger partial charge in [-0.05, 0) is 49.8 Å². The summed E-state index contributed by atoms with van der Waals surface area (Å²) in [6, 6.07) is 7.50. The SMILES string of the molecule is CCOc1ccccc1NC(=O)CSc1ncnc2sc3c(c12)CCC(C)C3. The molecule has 3 aromatic rings. The highest BCUT2D eigenvalue weighted by Crippen LogP contribution is 2.40. The molecule has 1 atom stereocenters. The summed E-state index contributed by atoms with van der Waals surface area (Å²) in [4.78, 5) is 24.0. The maximum absolute atomic E-state index is 12.5. The fourth-order valence-corrected chi connectivity index (χ4v) is 5.77. The Labute approximate surface area is 172 Å². The van der Waals surface area contributed by atoms with Crippen LogP contribution in [0.15, 0.2) is 35.6 Å². The Kier molecular flexibility index (Phi) is 5.82. The molecule has 0 radical (unpaired) electrons.